The van der Waals surface area contributed by atoms with Gasteiger partial charge in [-0.05, 0) is 32.1 Å². The lowest BCUT2D eigenvalue weighted by Gasteiger charge is -2.09. The van der Waals surface area contributed by atoms with Crippen LogP contribution in [0.25, 0.3) is 0 Å². The first-order valence-electron chi connectivity index (χ1n) is 6.71. The fraction of sp³-hybridized carbons (Fsp3) is 0.667. The summed E-state index contributed by atoms with van der Waals surface area (Å²) in [6, 6.07) is 0. The van der Waals surface area contributed by atoms with Crippen LogP contribution in [0.1, 0.15) is 58.3 Å². The third-order valence-electron chi connectivity index (χ3n) is 2.88. The lowest BCUT2D eigenvalue weighted by atomic mass is 9.97. The highest BCUT2D eigenvalue weighted by molar-refractivity contribution is 5.70. The maximum Gasteiger partial charge on any atom is 0.306 e. The Morgan fingerprint density at radius 1 is 1.24 bits per heavy atom. The molecule has 0 bridgehead atoms. The molecule has 0 saturated heterocycles. The highest BCUT2D eigenvalue weighted by Gasteiger charge is 2.14. The molecule has 0 heterocycles. The summed E-state index contributed by atoms with van der Waals surface area (Å²) in [7, 11) is 0. The third kappa shape index (κ3) is 9.86. The minimum absolute atomic E-state index is 0.229. The fourth-order valence-electron chi connectivity index (χ4n) is 1.83. The van der Waals surface area contributed by atoms with E-state index in [9.17, 15) is 4.79 Å². The second-order valence-electron chi connectivity index (χ2n) is 4.43. The summed E-state index contributed by atoms with van der Waals surface area (Å²) in [4.78, 5) is 10.9. The second kappa shape index (κ2) is 11.4. The minimum Gasteiger partial charge on any atom is -0.481 e. The van der Waals surface area contributed by atoms with Gasteiger partial charge in [0.1, 0.15) is 0 Å². The van der Waals surface area contributed by atoms with Crippen molar-refractivity contribution in [3.8, 4) is 0 Å². The number of carbonyl (C=O) groups is 1. The molecule has 0 radical (unpaired) electrons. The van der Waals surface area contributed by atoms with E-state index in [4.69, 9.17) is 5.11 Å². The molecule has 2 nitrogen and oxygen atoms in total. The van der Waals surface area contributed by atoms with Gasteiger partial charge in [0, 0.05) is 0 Å². The van der Waals surface area contributed by atoms with Crippen LogP contribution in [-0.4, -0.2) is 11.1 Å². The topological polar surface area (TPSA) is 37.3 Å². The number of hydrogen-bond donors (Lipinski definition) is 1. The summed E-state index contributed by atoms with van der Waals surface area (Å²) < 4.78 is 0. The summed E-state index contributed by atoms with van der Waals surface area (Å²) in [5.41, 5.74) is 0. The van der Waals surface area contributed by atoms with Crippen LogP contribution in [0.2, 0.25) is 0 Å². The smallest absolute Gasteiger partial charge is 0.306 e. The Morgan fingerprint density at radius 3 is 2.53 bits per heavy atom. The van der Waals surface area contributed by atoms with Gasteiger partial charge in [-0.1, -0.05) is 44.4 Å². The number of hydrogen-bond acceptors (Lipinski definition) is 1. The van der Waals surface area contributed by atoms with Gasteiger partial charge in [0.15, 0.2) is 0 Å². The predicted molar refractivity (Wildman–Crippen MR) is 73.1 cm³/mol. The van der Waals surface area contributed by atoms with Gasteiger partial charge in [0.25, 0.3) is 0 Å². The Bertz CT molecular complexity index is 231. The largest absolute Gasteiger partial charge is 0.481 e. The molecular formula is C15H26O2. The van der Waals surface area contributed by atoms with E-state index in [1.807, 2.05) is 0 Å². The Hall–Kier alpha value is -1.05. The summed E-state index contributed by atoms with van der Waals surface area (Å²) in [6.07, 6.45) is 14.4. The van der Waals surface area contributed by atoms with Crippen molar-refractivity contribution in [1.82, 2.24) is 0 Å². The molecule has 0 aromatic heterocycles. The number of allylic oxidation sites excluding steroid dienone is 3. The van der Waals surface area contributed by atoms with Crippen LogP contribution in [0, 0.1) is 5.92 Å². The van der Waals surface area contributed by atoms with Crippen LogP contribution in [-0.2, 0) is 4.79 Å². The highest BCUT2D eigenvalue weighted by atomic mass is 16.4. The van der Waals surface area contributed by atoms with Gasteiger partial charge in [-0.25, -0.2) is 0 Å². The van der Waals surface area contributed by atoms with E-state index in [1.165, 1.54) is 12.8 Å². The van der Waals surface area contributed by atoms with Gasteiger partial charge in [-0.2, -0.15) is 0 Å². The lowest BCUT2D eigenvalue weighted by molar-refractivity contribution is -0.141. The zero-order valence-corrected chi connectivity index (χ0v) is 11.0. The van der Waals surface area contributed by atoms with Crippen molar-refractivity contribution in [2.75, 3.05) is 0 Å². The van der Waals surface area contributed by atoms with E-state index in [1.54, 1.807) is 6.08 Å². The highest BCUT2D eigenvalue weighted by Crippen LogP contribution is 2.15. The molecule has 2 heteroatoms. The molecule has 98 valence electrons. The number of aliphatic carboxylic acids is 1. The van der Waals surface area contributed by atoms with Gasteiger partial charge >= 0.3 is 5.97 Å². The standard InChI is InChI=1S/C15H26O2/c1-3-5-6-7-8-9-10-11-13-14(12-4-2)15(16)17/h4-6,14H,2-3,7-13H2,1H3,(H,16,17). The molecule has 1 atom stereocenters. The van der Waals surface area contributed by atoms with Crippen molar-refractivity contribution in [2.45, 2.75) is 58.3 Å². The van der Waals surface area contributed by atoms with Crippen LogP contribution in [0.15, 0.2) is 24.8 Å². The van der Waals surface area contributed by atoms with Gasteiger partial charge in [0.2, 0.25) is 0 Å². The molecular weight excluding hydrogens is 212 g/mol. The maximum absolute atomic E-state index is 10.9. The van der Waals surface area contributed by atoms with E-state index in [0.29, 0.717) is 6.42 Å². The zero-order chi connectivity index (χ0) is 12.9. The first-order chi connectivity index (χ1) is 8.22. The Kier molecular flexibility index (Phi) is 10.7. The Balaban J connectivity index is 3.45. The van der Waals surface area contributed by atoms with E-state index in [-0.39, 0.29) is 5.92 Å². The van der Waals surface area contributed by atoms with Crippen LogP contribution < -0.4 is 0 Å². The molecule has 1 unspecified atom stereocenters. The first-order valence-corrected chi connectivity index (χ1v) is 6.71. The molecule has 0 spiro atoms. The van der Waals surface area contributed by atoms with Crippen molar-refractivity contribution in [1.29, 1.82) is 0 Å². The van der Waals surface area contributed by atoms with Crippen LogP contribution in [0.3, 0.4) is 0 Å². The molecule has 17 heavy (non-hydrogen) atoms. The number of unbranched alkanes of at least 4 members (excludes halogenated alkanes) is 4. The van der Waals surface area contributed by atoms with E-state index >= 15 is 0 Å². The molecule has 0 aromatic carbocycles. The van der Waals surface area contributed by atoms with E-state index in [0.717, 1.165) is 32.1 Å². The maximum atomic E-state index is 10.9. The summed E-state index contributed by atoms with van der Waals surface area (Å²) in [5.74, 6) is -0.914. The summed E-state index contributed by atoms with van der Waals surface area (Å²) >= 11 is 0. The first kappa shape index (κ1) is 16.0. The van der Waals surface area contributed by atoms with Crippen molar-refractivity contribution in [2.24, 2.45) is 5.92 Å². The summed E-state index contributed by atoms with van der Waals surface area (Å²) in [6.45, 7) is 5.74. The fourth-order valence-corrected chi connectivity index (χ4v) is 1.83. The summed E-state index contributed by atoms with van der Waals surface area (Å²) in [5, 5.41) is 8.95. The molecule has 0 aliphatic carbocycles. The van der Waals surface area contributed by atoms with Crippen molar-refractivity contribution >= 4 is 5.97 Å². The molecule has 0 aromatic rings. The average molecular weight is 238 g/mol. The number of carboxylic acids is 1. The Morgan fingerprint density at radius 2 is 1.94 bits per heavy atom. The van der Waals surface area contributed by atoms with Crippen LogP contribution >= 0.6 is 0 Å². The van der Waals surface area contributed by atoms with Crippen molar-refractivity contribution in [3.63, 3.8) is 0 Å². The van der Waals surface area contributed by atoms with Gasteiger partial charge in [-0.15, -0.1) is 6.58 Å². The molecule has 0 amide bonds. The number of carboxylic acid groups (broad SMARTS) is 1. The second-order valence-corrected chi connectivity index (χ2v) is 4.43. The van der Waals surface area contributed by atoms with E-state index in [2.05, 4.69) is 25.7 Å². The van der Waals surface area contributed by atoms with E-state index < -0.39 is 5.97 Å². The van der Waals surface area contributed by atoms with Gasteiger partial charge in [-0.3, -0.25) is 4.79 Å². The third-order valence-corrected chi connectivity index (χ3v) is 2.88. The lowest BCUT2D eigenvalue weighted by Crippen LogP contribution is -2.12. The van der Waals surface area contributed by atoms with Crippen LogP contribution in [0.5, 0.6) is 0 Å². The zero-order valence-electron chi connectivity index (χ0n) is 11.0. The van der Waals surface area contributed by atoms with Crippen molar-refractivity contribution in [3.05, 3.63) is 24.8 Å². The monoisotopic (exact) mass is 238 g/mol. The quantitative estimate of drug-likeness (QED) is 0.423. The normalized spacial score (nSPS) is 12.8. The number of rotatable bonds is 11. The molecule has 0 rings (SSSR count). The predicted octanol–water partition coefficient (Wildman–Crippen LogP) is 4.57. The van der Waals surface area contributed by atoms with Gasteiger partial charge in [0.05, 0.1) is 5.92 Å². The molecule has 0 fully saturated rings. The molecule has 0 aliphatic heterocycles. The molecule has 0 aliphatic rings. The average Bonchev–Trinajstić information content (AvgIpc) is 2.31. The molecule has 0 saturated carbocycles. The molecule has 1 N–H and O–H groups in total. The van der Waals surface area contributed by atoms with Crippen molar-refractivity contribution < 1.29 is 9.90 Å². The Labute approximate surface area is 105 Å². The SMILES string of the molecule is C=CCC(CCCCCCC=CCC)C(=O)O. The van der Waals surface area contributed by atoms with Gasteiger partial charge < -0.3 is 5.11 Å². The minimum atomic E-state index is -0.684. The van der Waals surface area contributed by atoms with Crippen LogP contribution in [0.4, 0.5) is 0 Å².